The number of benzene rings is 1. The van der Waals surface area contributed by atoms with E-state index >= 15 is 0 Å². The van der Waals surface area contributed by atoms with E-state index in [9.17, 15) is 4.79 Å². The smallest absolute Gasteiger partial charge is 0.251 e. The first kappa shape index (κ1) is 11.5. The Kier molecular flexibility index (Phi) is 3.02. The maximum atomic E-state index is 12.0. The Morgan fingerprint density at radius 1 is 1.21 bits per heavy atom. The van der Waals surface area contributed by atoms with Crippen molar-refractivity contribution in [1.29, 1.82) is 0 Å². The molecular formula is C14H13N2O3+. The third-order valence-corrected chi connectivity index (χ3v) is 2.85. The molecule has 0 fully saturated rings. The summed E-state index contributed by atoms with van der Waals surface area (Å²) in [5.74, 6) is 1.14. The molecule has 5 nitrogen and oxygen atoms in total. The highest BCUT2D eigenvalue weighted by Crippen LogP contribution is 2.32. The van der Waals surface area contributed by atoms with Crippen molar-refractivity contribution in [2.45, 2.75) is 6.54 Å². The topological polar surface area (TPSA) is 61.7 Å². The fourth-order valence-electron chi connectivity index (χ4n) is 1.86. The van der Waals surface area contributed by atoms with Crippen LogP contribution in [0.25, 0.3) is 0 Å². The maximum absolute atomic E-state index is 12.0. The lowest BCUT2D eigenvalue weighted by Gasteiger charge is -2.03. The minimum absolute atomic E-state index is 0.143. The largest absolute Gasteiger partial charge is 0.454 e. The number of aromatic nitrogens is 1. The van der Waals surface area contributed by atoms with Crippen LogP contribution < -0.4 is 19.8 Å². The number of aromatic amines is 1. The number of nitrogens with one attached hydrogen (secondary N) is 2. The quantitative estimate of drug-likeness (QED) is 0.897. The van der Waals surface area contributed by atoms with Crippen molar-refractivity contribution in [1.82, 2.24) is 5.32 Å². The lowest BCUT2D eigenvalue weighted by Crippen LogP contribution is -2.26. The molecule has 0 atom stereocenters. The molecule has 2 N–H and O–H groups in total. The Labute approximate surface area is 110 Å². The number of rotatable bonds is 3. The highest BCUT2D eigenvalue weighted by Gasteiger charge is 2.16. The normalized spacial score (nSPS) is 12.2. The molecule has 1 aromatic carbocycles. The van der Waals surface area contributed by atoms with Gasteiger partial charge in [-0.05, 0) is 18.2 Å². The van der Waals surface area contributed by atoms with E-state index < -0.39 is 0 Å². The molecule has 0 radical (unpaired) electrons. The van der Waals surface area contributed by atoms with Crippen LogP contribution in [-0.2, 0) is 6.54 Å². The van der Waals surface area contributed by atoms with Crippen LogP contribution in [0, 0.1) is 0 Å². The molecular weight excluding hydrogens is 244 g/mol. The standard InChI is InChI=1S/C14H12N2O3/c17-14(16-8-11-3-1-2-6-15-11)10-4-5-12-13(7-10)19-9-18-12/h1-7H,8-9H2,(H,16,17)/p+1. The highest BCUT2D eigenvalue weighted by atomic mass is 16.7. The summed E-state index contributed by atoms with van der Waals surface area (Å²) in [6, 6.07) is 10.9. The maximum Gasteiger partial charge on any atom is 0.251 e. The lowest BCUT2D eigenvalue weighted by atomic mass is 10.2. The molecule has 2 heterocycles. The number of hydrogen-bond acceptors (Lipinski definition) is 3. The summed E-state index contributed by atoms with van der Waals surface area (Å²) in [6.45, 7) is 0.660. The predicted octanol–water partition coefficient (Wildman–Crippen LogP) is 1.16. The van der Waals surface area contributed by atoms with E-state index in [1.165, 1.54) is 0 Å². The van der Waals surface area contributed by atoms with Crippen molar-refractivity contribution in [3.05, 3.63) is 53.9 Å². The average molecular weight is 257 g/mol. The molecule has 1 aromatic heterocycles. The van der Waals surface area contributed by atoms with Gasteiger partial charge in [-0.2, -0.15) is 0 Å². The molecule has 3 rings (SSSR count). The van der Waals surface area contributed by atoms with Crippen LogP contribution in [0.3, 0.4) is 0 Å². The predicted molar refractivity (Wildman–Crippen MR) is 66.7 cm³/mol. The van der Waals surface area contributed by atoms with Crippen LogP contribution in [0.15, 0.2) is 42.6 Å². The average Bonchev–Trinajstić information content (AvgIpc) is 2.93. The molecule has 5 heteroatoms. The summed E-state index contributed by atoms with van der Waals surface area (Å²) in [5, 5.41) is 2.84. The molecule has 19 heavy (non-hydrogen) atoms. The molecule has 0 unspecified atom stereocenters. The molecule has 0 saturated heterocycles. The first-order valence-corrected chi connectivity index (χ1v) is 5.96. The number of carbonyl (C=O) groups excluding carboxylic acids is 1. The number of carbonyl (C=O) groups is 1. The van der Waals surface area contributed by atoms with Gasteiger partial charge in [0, 0.05) is 17.7 Å². The Morgan fingerprint density at radius 3 is 2.95 bits per heavy atom. The summed E-state index contributed by atoms with van der Waals surface area (Å²) in [4.78, 5) is 15.1. The number of pyridine rings is 1. The second-order valence-corrected chi connectivity index (χ2v) is 4.14. The van der Waals surface area contributed by atoms with E-state index in [4.69, 9.17) is 9.47 Å². The second-order valence-electron chi connectivity index (χ2n) is 4.14. The van der Waals surface area contributed by atoms with E-state index in [0.29, 0.717) is 23.6 Å². The summed E-state index contributed by atoms with van der Waals surface area (Å²) in [5.41, 5.74) is 1.50. The zero-order valence-corrected chi connectivity index (χ0v) is 10.2. The van der Waals surface area contributed by atoms with Crippen LogP contribution in [0.5, 0.6) is 11.5 Å². The van der Waals surface area contributed by atoms with Gasteiger partial charge in [-0.25, -0.2) is 4.98 Å². The third kappa shape index (κ3) is 2.49. The Balaban J connectivity index is 1.67. The highest BCUT2D eigenvalue weighted by molar-refractivity contribution is 5.94. The molecule has 96 valence electrons. The van der Waals surface area contributed by atoms with Crippen LogP contribution in [0.2, 0.25) is 0 Å². The lowest BCUT2D eigenvalue weighted by molar-refractivity contribution is -0.390. The monoisotopic (exact) mass is 257 g/mol. The van der Waals surface area contributed by atoms with E-state index in [1.807, 2.05) is 24.4 Å². The van der Waals surface area contributed by atoms with Gasteiger partial charge in [0.25, 0.3) is 5.91 Å². The minimum Gasteiger partial charge on any atom is -0.454 e. The Morgan fingerprint density at radius 2 is 2.11 bits per heavy atom. The van der Waals surface area contributed by atoms with Crippen LogP contribution in [0.1, 0.15) is 16.1 Å². The summed E-state index contributed by atoms with van der Waals surface area (Å²) >= 11 is 0. The zero-order valence-electron chi connectivity index (χ0n) is 10.2. The molecule has 2 aromatic rings. The summed E-state index contributed by atoms with van der Waals surface area (Å²) < 4.78 is 10.4. The summed E-state index contributed by atoms with van der Waals surface area (Å²) in [6.07, 6.45) is 1.82. The molecule has 1 aliphatic rings. The molecule has 0 bridgehead atoms. The van der Waals surface area contributed by atoms with E-state index in [0.717, 1.165) is 5.69 Å². The number of ether oxygens (including phenoxy) is 2. The van der Waals surface area contributed by atoms with Gasteiger partial charge in [0.15, 0.2) is 23.4 Å². The Hall–Kier alpha value is -2.56. The van der Waals surface area contributed by atoms with Crippen LogP contribution in [-0.4, -0.2) is 12.7 Å². The van der Waals surface area contributed by atoms with Crippen LogP contribution >= 0.6 is 0 Å². The van der Waals surface area contributed by atoms with Gasteiger partial charge < -0.3 is 14.8 Å². The summed E-state index contributed by atoms with van der Waals surface area (Å²) in [7, 11) is 0. The number of fused-ring (bicyclic) bond motifs is 1. The fourth-order valence-corrected chi connectivity index (χ4v) is 1.86. The van der Waals surface area contributed by atoms with Gasteiger partial charge in [0.2, 0.25) is 6.79 Å². The van der Waals surface area contributed by atoms with Crippen molar-refractivity contribution >= 4 is 5.91 Å². The fraction of sp³-hybridized carbons (Fsp3) is 0.143. The van der Waals surface area contributed by atoms with Crippen molar-refractivity contribution in [2.75, 3.05) is 6.79 Å². The first-order valence-electron chi connectivity index (χ1n) is 5.96. The molecule has 1 amide bonds. The minimum atomic E-state index is -0.143. The molecule has 0 saturated carbocycles. The van der Waals surface area contributed by atoms with Gasteiger partial charge in [-0.3, -0.25) is 4.79 Å². The van der Waals surface area contributed by atoms with Crippen molar-refractivity contribution in [3.63, 3.8) is 0 Å². The van der Waals surface area contributed by atoms with Crippen molar-refractivity contribution < 1.29 is 19.3 Å². The van der Waals surface area contributed by atoms with E-state index in [2.05, 4.69) is 10.3 Å². The molecule has 0 spiro atoms. The third-order valence-electron chi connectivity index (χ3n) is 2.85. The van der Waals surface area contributed by atoms with Gasteiger partial charge >= 0.3 is 0 Å². The molecule has 0 aliphatic carbocycles. The van der Waals surface area contributed by atoms with Gasteiger partial charge in [0.05, 0.1) is 0 Å². The number of hydrogen-bond donors (Lipinski definition) is 1. The Bertz CT molecular complexity index is 599. The zero-order chi connectivity index (χ0) is 13.1. The van der Waals surface area contributed by atoms with Gasteiger partial charge in [0.1, 0.15) is 6.54 Å². The molecule has 1 aliphatic heterocycles. The number of H-pyrrole nitrogens is 1. The van der Waals surface area contributed by atoms with E-state index in [-0.39, 0.29) is 12.7 Å². The van der Waals surface area contributed by atoms with E-state index in [1.54, 1.807) is 18.2 Å². The SMILES string of the molecule is O=C(NCc1cccc[nH+]1)c1ccc2c(c1)OCO2. The second kappa shape index (κ2) is 4.97. The van der Waals surface area contributed by atoms with Crippen molar-refractivity contribution in [3.8, 4) is 11.5 Å². The van der Waals surface area contributed by atoms with Crippen molar-refractivity contribution in [2.24, 2.45) is 0 Å². The number of amides is 1. The van der Waals surface area contributed by atoms with Gasteiger partial charge in [-0.1, -0.05) is 6.07 Å². The van der Waals surface area contributed by atoms with Crippen LogP contribution in [0.4, 0.5) is 0 Å². The van der Waals surface area contributed by atoms with Gasteiger partial charge in [-0.15, -0.1) is 0 Å². The first-order chi connectivity index (χ1) is 9.33.